The molecule has 0 N–H and O–H groups in total. The van der Waals surface area contributed by atoms with Crippen LogP contribution in [-0.2, 0) is 22.2 Å². The summed E-state index contributed by atoms with van der Waals surface area (Å²) < 4.78 is 0. The topological polar surface area (TPSA) is 19.4 Å². The summed E-state index contributed by atoms with van der Waals surface area (Å²) in [7, 11) is 0. The molecular weight excluding hydrogens is 871 g/mol. The summed E-state index contributed by atoms with van der Waals surface area (Å²) in [6, 6.07) is 114. The molecule has 72 heavy (non-hydrogen) atoms. The van der Waals surface area contributed by atoms with Crippen molar-refractivity contribution in [2.75, 3.05) is 9.80 Å². The molecule has 3 heterocycles. The predicted octanol–water partition coefficient (Wildman–Crippen LogP) is 15.3. The van der Waals surface area contributed by atoms with Crippen molar-refractivity contribution in [2.45, 2.75) is 22.2 Å². The smallest absolute Gasteiger partial charge is 0.133 e. The molecule has 1 aromatic heterocycles. The van der Waals surface area contributed by atoms with E-state index < -0.39 is 22.2 Å². The van der Waals surface area contributed by atoms with E-state index in [0.717, 1.165) is 56.1 Å². The Hall–Kier alpha value is -9.05. The molecule has 0 aliphatic carbocycles. The standard InChI is InChI=1S/C69H51N3/c1-9-30-52(31-10-1)66(53-32-11-2-12-33-53)60-46-25-26-47-61(60)67(54-34-13-3-14-35-54,55-36-15-4-16-37-55)71(66)64-50-29-51-65(70-64)72-68(56-38-17-5-18-39-56,57-40-19-6-20-41-57)62-48-27-28-49-63(62)69(72,58-42-21-7-22-43-58)59-44-23-8-24-45-59/h1-51H. The van der Waals surface area contributed by atoms with Crippen molar-refractivity contribution in [3.8, 4) is 0 Å². The van der Waals surface area contributed by atoms with E-state index in [4.69, 9.17) is 4.98 Å². The first kappa shape index (κ1) is 43.0. The van der Waals surface area contributed by atoms with E-state index in [0.29, 0.717) is 0 Å². The summed E-state index contributed by atoms with van der Waals surface area (Å²) in [5.74, 6) is 1.65. The highest BCUT2D eigenvalue weighted by Crippen LogP contribution is 2.65. The molecule has 2 aliphatic heterocycles. The maximum absolute atomic E-state index is 6.34. The Morgan fingerprint density at radius 3 is 0.528 bits per heavy atom. The molecule has 3 nitrogen and oxygen atoms in total. The van der Waals surface area contributed by atoms with E-state index in [2.05, 4.69) is 319 Å². The van der Waals surface area contributed by atoms with Crippen LogP contribution in [-0.4, -0.2) is 4.98 Å². The van der Waals surface area contributed by atoms with Crippen LogP contribution in [0.1, 0.15) is 66.8 Å². The summed E-state index contributed by atoms with van der Waals surface area (Å²) >= 11 is 0. The van der Waals surface area contributed by atoms with Gasteiger partial charge in [0.25, 0.3) is 0 Å². The number of hydrogen-bond acceptors (Lipinski definition) is 3. The molecule has 0 amide bonds. The third kappa shape index (κ3) is 6.01. The van der Waals surface area contributed by atoms with E-state index >= 15 is 0 Å². The fourth-order valence-electron chi connectivity index (χ4n) is 12.9. The van der Waals surface area contributed by atoms with Gasteiger partial charge in [-0.2, -0.15) is 0 Å². The SMILES string of the molecule is c1ccc(C2(c3ccccc3)c3ccccc3C(c3ccccc3)(c3ccccc3)N2c2cccc(N3C(c4ccccc4)(c4ccccc4)c4ccccc4C3(c3ccccc3)c3ccccc3)n2)cc1. The second-order valence-electron chi connectivity index (χ2n) is 18.9. The highest BCUT2D eigenvalue weighted by molar-refractivity contribution is 5.81. The monoisotopic (exact) mass is 921 g/mol. The largest absolute Gasteiger partial charge is 0.320 e. The van der Waals surface area contributed by atoms with E-state index in [-0.39, 0.29) is 0 Å². The Morgan fingerprint density at radius 1 is 0.181 bits per heavy atom. The average molecular weight is 922 g/mol. The minimum Gasteiger partial charge on any atom is -0.320 e. The summed E-state index contributed by atoms with van der Waals surface area (Å²) in [6.07, 6.45) is 0. The van der Waals surface area contributed by atoms with Crippen LogP contribution in [0.3, 0.4) is 0 Å². The lowest BCUT2D eigenvalue weighted by molar-refractivity contribution is 0.479. The van der Waals surface area contributed by atoms with E-state index in [1.54, 1.807) is 0 Å². The first-order valence-corrected chi connectivity index (χ1v) is 25.0. The number of rotatable bonds is 10. The van der Waals surface area contributed by atoms with Gasteiger partial charge in [0.15, 0.2) is 0 Å². The summed E-state index contributed by atoms with van der Waals surface area (Å²) in [5, 5.41) is 0. The van der Waals surface area contributed by atoms with Crippen LogP contribution in [0, 0.1) is 0 Å². The van der Waals surface area contributed by atoms with E-state index in [1.165, 1.54) is 22.3 Å². The van der Waals surface area contributed by atoms with Gasteiger partial charge < -0.3 is 9.80 Å². The van der Waals surface area contributed by atoms with Crippen molar-refractivity contribution < 1.29 is 0 Å². The number of aromatic nitrogens is 1. The lowest BCUT2D eigenvalue weighted by Gasteiger charge is -2.51. The van der Waals surface area contributed by atoms with Crippen LogP contribution < -0.4 is 9.80 Å². The van der Waals surface area contributed by atoms with Gasteiger partial charge >= 0.3 is 0 Å². The molecule has 2 aliphatic rings. The van der Waals surface area contributed by atoms with Crippen molar-refractivity contribution in [1.82, 2.24) is 4.98 Å². The second kappa shape index (κ2) is 17.4. The molecule has 11 aromatic rings. The third-order valence-electron chi connectivity index (χ3n) is 15.5. The fourth-order valence-corrected chi connectivity index (χ4v) is 12.9. The highest BCUT2D eigenvalue weighted by atomic mass is 15.4. The molecule has 0 saturated heterocycles. The molecule has 10 aromatic carbocycles. The molecule has 0 unspecified atom stereocenters. The predicted molar refractivity (Wildman–Crippen MR) is 293 cm³/mol. The van der Waals surface area contributed by atoms with Gasteiger partial charge in [0.2, 0.25) is 0 Å². The molecule has 0 radical (unpaired) electrons. The zero-order chi connectivity index (χ0) is 48.0. The van der Waals surface area contributed by atoms with Crippen molar-refractivity contribution in [3.63, 3.8) is 0 Å². The third-order valence-corrected chi connectivity index (χ3v) is 15.5. The first-order chi connectivity index (χ1) is 35.8. The number of nitrogens with zero attached hydrogens (tertiary/aromatic N) is 3. The van der Waals surface area contributed by atoms with Crippen LogP contribution in [0.4, 0.5) is 11.6 Å². The number of anilines is 2. The Kier molecular flexibility index (Phi) is 10.4. The lowest BCUT2D eigenvalue weighted by atomic mass is 9.76. The van der Waals surface area contributed by atoms with Crippen LogP contribution in [0.15, 0.2) is 309 Å². The molecule has 342 valence electrons. The van der Waals surface area contributed by atoms with Crippen LogP contribution in [0.5, 0.6) is 0 Å². The Morgan fingerprint density at radius 2 is 0.347 bits per heavy atom. The molecule has 0 saturated carbocycles. The van der Waals surface area contributed by atoms with Gasteiger partial charge in [0.05, 0.1) is 0 Å². The van der Waals surface area contributed by atoms with Gasteiger partial charge in [0, 0.05) is 0 Å². The van der Waals surface area contributed by atoms with Crippen molar-refractivity contribution >= 4 is 11.6 Å². The summed E-state index contributed by atoms with van der Waals surface area (Å²) in [6.45, 7) is 0. The van der Waals surface area contributed by atoms with Crippen molar-refractivity contribution in [1.29, 1.82) is 0 Å². The van der Waals surface area contributed by atoms with Gasteiger partial charge in [-0.25, -0.2) is 4.98 Å². The minimum atomic E-state index is -0.893. The Bertz CT molecular complexity index is 3010. The van der Waals surface area contributed by atoms with Gasteiger partial charge in [-0.05, 0) is 78.9 Å². The molecule has 0 atom stereocenters. The summed E-state index contributed by atoms with van der Waals surface area (Å²) in [5.41, 5.74) is 10.4. The van der Waals surface area contributed by atoms with Crippen molar-refractivity contribution in [3.05, 3.63) is 376 Å². The molecule has 0 bridgehead atoms. The molecular formula is C69H51N3. The average Bonchev–Trinajstić information content (AvgIpc) is 3.93. The zero-order valence-corrected chi connectivity index (χ0v) is 39.8. The van der Waals surface area contributed by atoms with Crippen LogP contribution >= 0.6 is 0 Å². The van der Waals surface area contributed by atoms with E-state index in [1.807, 2.05) is 0 Å². The normalized spacial score (nSPS) is 15.6. The highest BCUT2D eigenvalue weighted by Gasteiger charge is 2.64. The van der Waals surface area contributed by atoms with Crippen molar-refractivity contribution in [2.24, 2.45) is 0 Å². The molecule has 0 spiro atoms. The maximum atomic E-state index is 6.34. The summed E-state index contributed by atoms with van der Waals surface area (Å²) in [4.78, 5) is 11.7. The zero-order valence-electron chi connectivity index (χ0n) is 39.8. The molecule has 0 fully saturated rings. The number of pyridine rings is 1. The second-order valence-corrected chi connectivity index (χ2v) is 18.9. The number of benzene rings is 10. The minimum absolute atomic E-state index is 0.824. The lowest BCUT2D eigenvalue weighted by Crippen LogP contribution is -2.56. The molecule has 13 rings (SSSR count). The van der Waals surface area contributed by atoms with E-state index in [9.17, 15) is 0 Å². The van der Waals surface area contributed by atoms with Crippen LogP contribution in [0.2, 0.25) is 0 Å². The Labute approximate surface area is 422 Å². The number of fused-ring (bicyclic) bond motifs is 2. The maximum Gasteiger partial charge on any atom is 0.133 e. The fraction of sp³-hybridized carbons (Fsp3) is 0.0580. The molecule has 3 heteroatoms. The van der Waals surface area contributed by atoms with Gasteiger partial charge in [-0.15, -0.1) is 0 Å². The number of hydrogen-bond donors (Lipinski definition) is 0. The Balaban J connectivity index is 1.22. The quantitative estimate of drug-likeness (QED) is 0.136. The van der Waals surface area contributed by atoms with Gasteiger partial charge in [-0.1, -0.05) is 297 Å². The van der Waals surface area contributed by atoms with Crippen LogP contribution in [0.25, 0.3) is 0 Å². The van der Waals surface area contributed by atoms with Gasteiger partial charge in [-0.3, -0.25) is 0 Å². The first-order valence-electron chi connectivity index (χ1n) is 25.0. The van der Waals surface area contributed by atoms with Gasteiger partial charge in [0.1, 0.15) is 33.8 Å².